The molecule has 0 unspecified atom stereocenters. The van der Waals surface area contributed by atoms with Crippen molar-refractivity contribution in [3.8, 4) is 5.75 Å². The smallest absolute Gasteiger partial charge is 0.191 e. The minimum atomic E-state index is 0. The van der Waals surface area contributed by atoms with Crippen molar-refractivity contribution in [2.45, 2.75) is 39.3 Å². The Morgan fingerprint density at radius 2 is 2.00 bits per heavy atom. The van der Waals surface area contributed by atoms with Crippen molar-refractivity contribution in [3.63, 3.8) is 0 Å². The molecule has 1 saturated carbocycles. The Balaban J connectivity index is 0.00000288. The summed E-state index contributed by atoms with van der Waals surface area (Å²) in [5, 5.41) is 6.74. The Kier molecular flexibility index (Phi) is 10.1. The molecule has 2 rings (SSSR count). The molecule has 0 bridgehead atoms. The second kappa shape index (κ2) is 11.5. The number of rotatable bonds is 9. The molecule has 0 aliphatic heterocycles. The Labute approximate surface area is 163 Å². The molecule has 0 heterocycles. The maximum Gasteiger partial charge on any atom is 0.191 e. The third kappa shape index (κ3) is 6.84. The first-order valence-electron chi connectivity index (χ1n) is 8.66. The summed E-state index contributed by atoms with van der Waals surface area (Å²) >= 11 is 0. The van der Waals surface area contributed by atoms with Gasteiger partial charge in [0.1, 0.15) is 5.75 Å². The number of nitrogens with zero attached hydrogens (tertiary/aromatic N) is 2. The highest BCUT2D eigenvalue weighted by atomic mass is 127. The van der Waals surface area contributed by atoms with E-state index in [1.54, 1.807) is 7.11 Å². The molecule has 0 spiro atoms. The molecule has 1 fully saturated rings. The van der Waals surface area contributed by atoms with Crippen molar-refractivity contribution >= 4 is 29.9 Å². The fraction of sp³-hybridized carbons (Fsp3) is 0.611. The number of hydrogen-bond acceptors (Lipinski definition) is 3. The fourth-order valence-corrected chi connectivity index (χ4v) is 2.70. The summed E-state index contributed by atoms with van der Waals surface area (Å²) < 4.78 is 5.38. The van der Waals surface area contributed by atoms with Crippen molar-refractivity contribution in [3.05, 3.63) is 29.8 Å². The van der Waals surface area contributed by atoms with Crippen LogP contribution in [-0.2, 0) is 6.54 Å². The molecule has 0 radical (unpaired) electrons. The molecule has 0 amide bonds. The van der Waals surface area contributed by atoms with E-state index in [1.807, 2.05) is 18.2 Å². The summed E-state index contributed by atoms with van der Waals surface area (Å²) in [4.78, 5) is 7.21. The lowest BCUT2D eigenvalue weighted by atomic mass is 10.2. The Bertz CT molecular complexity index is 506. The van der Waals surface area contributed by atoms with Gasteiger partial charge in [-0.3, -0.25) is 4.90 Å². The molecular formula is C18H31IN4O. The lowest BCUT2D eigenvalue weighted by molar-refractivity contribution is 0.282. The number of halogens is 1. The van der Waals surface area contributed by atoms with Gasteiger partial charge in [0, 0.05) is 31.2 Å². The van der Waals surface area contributed by atoms with E-state index < -0.39 is 0 Å². The number of likely N-dealkylation sites (N-methyl/N-ethyl adjacent to an activating group) is 1. The molecule has 136 valence electrons. The molecule has 2 N–H and O–H groups in total. The lowest BCUT2D eigenvalue weighted by Crippen LogP contribution is -2.42. The fourth-order valence-electron chi connectivity index (χ4n) is 2.70. The van der Waals surface area contributed by atoms with Crippen LogP contribution in [0.4, 0.5) is 0 Å². The molecule has 1 aliphatic rings. The zero-order valence-corrected chi connectivity index (χ0v) is 17.4. The summed E-state index contributed by atoms with van der Waals surface area (Å²) in [6.07, 6.45) is 2.71. The molecule has 6 heteroatoms. The van der Waals surface area contributed by atoms with Crippen LogP contribution in [-0.4, -0.2) is 50.2 Å². The first-order chi connectivity index (χ1) is 11.3. The van der Waals surface area contributed by atoms with E-state index in [1.165, 1.54) is 12.8 Å². The van der Waals surface area contributed by atoms with Crippen LogP contribution in [0.2, 0.25) is 0 Å². The van der Waals surface area contributed by atoms with Crippen molar-refractivity contribution in [1.82, 2.24) is 15.5 Å². The topological polar surface area (TPSA) is 48.9 Å². The highest BCUT2D eigenvalue weighted by molar-refractivity contribution is 14.0. The predicted octanol–water partition coefficient (Wildman–Crippen LogP) is 2.85. The van der Waals surface area contributed by atoms with Crippen LogP contribution in [0.25, 0.3) is 0 Å². The van der Waals surface area contributed by atoms with E-state index in [9.17, 15) is 0 Å². The van der Waals surface area contributed by atoms with Gasteiger partial charge in [0.15, 0.2) is 5.96 Å². The van der Waals surface area contributed by atoms with E-state index in [2.05, 4.69) is 40.4 Å². The summed E-state index contributed by atoms with van der Waals surface area (Å²) in [6.45, 7) is 8.91. The number of para-hydroxylation sites is 1. The molecular weight excluding hydrogens is 415 g/mol. The third-order valence-corrected chi connectivity index (χ3v) is 4.11. The van der Waals surface area contributed by atoms with E-state index >= 15 is 0 Å². The second-order valence-corrected chi connectivity index (χ2v) is 5.79. The SMILES string of the molecule is CCNC(=NCc1ccccc1OC)NCCN(CC)C1CC1.I. The van der Waals surface area contributed by atoms with Crippen LogP contribution in [0.3, 0.4) is 0 Å². The number of guanidine groups is 1. The number of nitrogens with one attached hydrogen (secondary N) is 2. The van der Waals surface area contributed by atoms with Gasteiger partial charge in [0.2, 0.25) is 0 Å². The van der Waals surface area contributed by atoms with Crippen LogP contribution in [0.15, 0.2) is 29.3 Å². The zero-order chi connectivity index (χ0) is 16.5. The van der Waals surface area contributed by atoms with Crippen molar-refractivity contribution in [1.29, 1.82) is 0 Å². The number of hydrogen-bond donors (Lipinski definition) is 2. The van der Waals surface area contributed by atoms with Crippen LogP contribution in [0, 0.1) is 0 Å². The number of ether oxygens (including phenoxy) is 1. The van der Waals surface area contributed by atoms with Crippen LogP contribution < -0.4 is 15.4 Å². The summed E-state index contributed by atoms with van der Waals surface area (Å²) in [5.74, 6) is 1.75. The van der Waals surface area contributed by atoms with Crippen molar-refractivity contribution in [2.75, 3.05) is 33.3 Å². The Morgan fingerprint density at radius 1 is 1.25 bits per heavy atom. The molecule has 1 aromatic carbocycles. The van der Waals surface area contributed by atoms with E-state index in [-0.39, 0.29) is 24.0 Å². The largest absolute Gasteiger partial charge is 0.496 e. The quantitative estimate of drug-likeness (QED) is 0.348. The summed E-state index contributed by atoms with van der Waals surface area (Å²) in [5.41, 5.74) is 1.10. The summed E-state index contributed by atoms with van der Waals surface area (Å²) in [7, 11) is 1.70. The summed E-state index contributed by atoms with van der Waals surface area (Å²) in [6, 6.07) is 8.84. The monoisotopic (exact) mass is 446 g/mol. The average Bonchev–Trinajstić information content (AvgIpc) is 3.41. The first-order valence-corrected chi connectivity index (χ1v) is 8.66. The zero-order valence-electron chi connectivity index (χ0n) is 15.0. The number of methoxy groups -OCH3 is 1. The molecule has 0 aromatic heterocycles. The van der Waals surface area contributed by atoms with Gasteiger partial charge in [-0.25, -0.2) is 4.99 Å². The molecule has 24 heavy (non-hydrogen) atoms. The van der Waals surface area contributed by atoms with E-state index in [0.29, 0.717) is 6.54 Å². The van der Waals surface area contributed by atoms with Crippen molar-refractivity contribution < 1.29 is 4.74 Å². The highest BCUT2D eigenvalue weighted by Crippen LogP contribution is 2.25. The van der Waals surface area contributed by atoms with Gasteiger partial charge in [-0.1, -0.05) is 25.1 Å². The van der Waals surface area contributed by atoms with Crippen LogP contribution in [0.5, 0.6) is 5.75 Å². The Hall–Kier alpha value is -1.02. The van der Waals surface area contributed by atoms with E-state index in [0.717, 1.165) is 49.5 Å². The lowest BCUT2D eigenvalue weighted by Gasteiger charge is -2.20. The molecule has 1 aromatic rings. The molecule has 5 nitrogen and oxygen atoms in total. The van der Waals surface area contributed by atoms with Gasteiger partial charge < -0.3 is 15.4 Å². The van der Waals surface area contributed by atoms with Crippen LogP contribution >= 0.6 is 24.0 Å². The first kappa shape index (κ1) is 21.0. The maximum absolute atomic E-state index is 5.38. The van der Waals surface area contributed by atoms with Gasteiger partial charge in [-0.05, 0) is 32.4 Å². The molecule has 0 atom stereocenters. The van der Waals surface area contributed by atoms with Gasteiger partial charge in [-0.15, -0.1) is 24.0 Å². The minimum Gasteiger partial charge on any atom is -0.496 e. The van der Waals surface area contributed by atoms with Gasteiger partial charge in [0.25, 0.3) is 0 Å². The van der Waals surface area contributed by atoms with Crippen LogP contribution in [0.1, 0.15) is 32.3 Å². The Morgan fingerprint density at radius 3 is 2.62 bits per heavy atom. The second-order valence-electron chi connectivity index (χ2n) is 5.79. The maximum atomic E-state index is 5.38. The average molecular weight is 446 g/mol. The van der Waals surface area contributed by atoms with E-state index in [4.69, 9.17) is 4.74 Å². The number of benzene rings is 1. The molecule has 0 saturated heterocycles. The highest BCUT2D eigenvalue weighted by Gasteiger charge is 2.27. The minimum absolute atomic E-state index is 0. The standard InChI is InChI=1S/C18H30N4O.HI/c1-4-19-18(20-12-13-22(5-2)16-10-11-16)21-14-15-8-6-7-9-17(15)23-3;/h6-9,16H,4-5,10-14H2,1-3H3,(H2,19,20,21);1H. The van der Waals surface area contributed by atoms with Gasteiger partial charge in [-0.2, -0.15) is 0 Å². The van der Waals surface area contributed by atoms with Crippen molar-refractivity contribution in [2.24, 2.45) is 4.99 Å². The van der Waals surface area contributed by atoms with Gasteiger partial charge >= 0.3 is 0 Å². The normalized spacial score (nSPS) is 14.2. The number of aliphatic imine (C=N–C) groups is 1. The molecule has 1 aliphatic carbocycles. The third-order valence-electron chi connectivity index (χ3n) is 4.11. The predicted molar refractivity (Wildman–Crippen MR) is 111 cm³/mol. The van der Waals surface area contributed by atoms with Gasteiger partial charge in [0.05, 0.1) is 13.7 Å².